The molecule has 0 unspecified atom stereocenters. The van der Waals surface area contributed by atoms with Crippen LogP contribution in [0.25, 0.3) is 11.2 Å². The minimum atomic E-state index is -0.489. The average Bonchev–Trinajstić information content (AvgIpc) is 2.48. The molecule has 0 saturated heterocycles. The van der Waals surface area contributed by atoms with E-state index in [1.165, 1.54) is 0 Å². The number of rotatable bonds is 2. The lowest BCUT2D eigenvalue weighted by atomic mass is 10.4. The largest absolute Gasteiger partial charge is 0.392 e. The summed E-state index contributed by atoms with van der Waals surface area (Å²) in [7, 11) is 0. The van der Waals surface area contributed by atoms with Crippen LogP contribution in [0.2, 0.25) is 5.15 Å². The molecule has 2 aromatic heterocycles. The quantitative estimate of drug-likeness (QED) is 0.727. The van der Waals surface area contributed by atoms with Gasteiger partial charge in [0.25, 0.3) is 0 Å². The van der Waals surface area contributed by atoms with Crippen molar-refractivity contribution in [3.05, 3.63) is 11.5 Å². The van der Waals surface area contributed by atoms with Crippen LogP contribution in [0, 0.1) is 0 Å². The number of hydrogen-bond acceptors (Lipinski definition) is 5. The van der Waals surface area contributed by atoms with E-state index in [4.69, 9.17) is 17.3 Å². The van der Waals surface area contributed by atoms with Crippen molar-refractivity contribution in [2.75, 3.05) is 5.73 Å². The van der Waals surface area contributed by atoms with Crippen LogP contribution in [0.4, 0.5) is 5.95 Å². The van der Waals surface area contributed by atoms with Gasteiger partial charge in [-0.05, 0) is 6.92 Å². The number of halogens is 1. The summed E-state index contributed by atoms with van der Waals surface area (Å²) in [5, 5.41) is 9.49. The van der Waals surface area contributed by atoms with Crippen molar-refractivity contribution in [1.29, 1.82) is 0 Å². The molecule has 0 amide bonds. The van der Waals surface area contributed by atoms with Crippen LogP contribution in [0.15, 0.2) is 6.33 Å². The molecule has 0 aromatic carbocycles. The SMILES string of the molecule is C[C@@H](O)Cn1cnc2c(Cl)nc(N)nc21. The summed E-state index contributed by atoms with van der Waals surface area (Å²) in [6.45, 7) is 2.07. The molecule has 3 N–H and O–H groups in total. The number of aliphatic hydroxyl groups is 1. The molecule has 0 fully saturated rings. The summed E-state index contributed by atoms with van der Waals surface area (Å²) < 4.78 is 1.68. The van der Waals surface area contributed by atoms with Gasteiger partial charge in [-0.25, -0.2) is 4.98 Å². The van der Waals surface area contributed by atoms with Gasteiger partial charge in [-0.3, -0.25) is 0 Å². The van der Waals surface area contributed by atoms with Gasteiger partial charge in [0.2, 0.25) is 5.95 Å². The van der Waals surface area contributed by atoms with E-state index in [-0.39, 0.29) is 11.1 Å². The zero-order chi connectivity index (χ0) is 11.0. The lowest BCUT2D eigenvalue weighted by molar-refractivity contribution is 0.175. The molecule has 80 valence electrons. The molecule has 0 aliphatic rings. The third kappa shape index (κ3) is 1.86. The van der Waals surface area contributed by atoms with Crippen LogP contribution in [-0.2, 0) is 6.54 Å². The third-order valence-electron chi connectivity index (χ3n) is 1.90. The highest BCUT2D eigenvalue weighted by molar-refractivity contribution is 6.33. The van der Waals surface area contributed by atoms with Gasteiger partial charge in [0, 0.05) is 0 Å². The first-order chi connectivity index (χ1) is 7.08. The van der Waals surface area contributed by atoms with E-state index in [1.54, 1.807) is 17.8 Å². The van der Waals surface area contributed by atoms with E-state index in [2.05, 4.69) is 15.0 Å². The molecule has 6 nitrogen and oxygen atoms in total. The number of nitrogens with zero attached hydrogens (tertiary/aromatic N) is 4. The molecule has 7 heteroatoms. The molecule has 0 aliphatic heterocycles. The standard InChI is InChI=1S/C8H10ClN5O/c1-4(15)2-14-3-11-5-6(9)12-8(10)13-7(5)14/h3-4,15H,2H2,1H3,(H2,10,12,13)/t4-/m1/s1. The normalized spacial score (nSPS) is 13.3. The summed E-state index contributed by atoms with van der Waals surface area (Å²) >= 11 is 5.84. The van der Waals surface area contributed by atoms with E-state index in [0.29, 0.717) is 17.7 Å². The highest BCUT2D eigenvalue weighted by atomic mass is 35.5. The number of nitrogens with two attached hydrogens (primary N) is 1. The molecular formula is C8H10ClN5O. The Morgan fingerprint density at radius 1 is 1.60 bits per heavy atom. The number of anilines is 1. The number of hydrogen-bond donors (Lipinski definition) is 2. The summed E-state index contributed by atoms with van der Waals surface area (Å²) in [6.07, 6.45) is 1.06. The molecule has 2 aromatic rings. The Balaban J connectivity index is 2.58. The lowest BCUT2D eigenvalue weighted by Gasteiger charge is -2.05. The second kappa shape index (κ2) is 3.63. The van der Waals surface area contributed by atoms with Crippen LogP contribution >= 0.6 is 11.6 Å². The number of aromatic nitrogens is 4. The van der Waals surface area contributed by atoms with E-state index in [9.17, 15) is 5.11 Å². The molecule has 1 atom stereocenters. The fourth-order valence-corrected chi connectivity index (χ4v) is 1.56. The number of fused-ring (bicyclic) bond motifs is 1. The molecule has 0 saturated carbocycles. The Morgan fingerprint density at radius 3 is 3.00 bits per heavy atom. The molecular weight excluding hydrogens is 218 g/mol. The molecule has 0 bridgehead atoms. The first kappa shape index (κ1) is 10.1. The van der Waals surface area contributed by atoms with Gasteiger partial charge in [-0.2, -0.15) is 9.97 Å². The Kier molecular flexibility index (Phi) is 2.45. The van der Waals surface area contributed by atoms with Gasteiger partial charge < -0.3 is 15.4 Å². The van der Waals surface area contributed by atoms with Gasteiger partial charge in [-0.1, -0.05) is 11.6 Å². The number of aliphatic hydroxyl groups excluding tert-OH is 1. The van der Waals surface area contributed by atoms with Gasteiger partial charge in [-0.15, -0.1) is 0 Å². The van der Waals surface area contributed by atoms with Crippen molar-refractivity contribution in [3.8, 4) is 0 Å². The van der Waals surface area contributed by atoms with Crippen molar-refractivity contribution in [1.82, 2.24) is 19.5 Å². The molecule has 0 radical (unpaired) electrons. The topological polar surface area (TPSA) is 89.8 Å². The smallest absolute Gasteiger partial charge is 0.223 e. The highest BCUT2D eigenvalue weighted by Crippen LogP contribution is 2.19. The van der Waals surface area contributed by atoms with Crippen molar-refractivity contribution in [2.45, 2.75) is 19.6 Å². The highest BCUT2D eigenvalue weighted by Gasteiger charge is 2.11. The molecule has 0 aliphatic carbocycles. The van der Waals surface area contributed by atoms with Gasteiger partial charge >= 0.3 is 0 Å². The molecule has 15 heavy (non-hydrogen) atoms. The predicted octanol–water partition coefficient (Wildman–Crippen LogP) is 0.443. The van der Waals surface area contributed by atoms with E-state index in [1.807, 2.05) is 0 Å². The molecule has 2 rings (SSSR count). The van der Waals surface area contributed by atoms with E-state index in [0.717, 1.165) is 0 Å². The van der Waals surface area contributed by atoms with Gasteiger partial charge in [0.1, 0.15) is 5.52 Å². The maximum atomic E-state index is 9.27. The Morgan fingerprint density at radius 2 is 2.33 bits per heavy atom. The van der Waals surface area contributed by atoms with Crippen LogP contribution in [0.5, 0.6) is 0 Å². The van der Waals surface area contributed by atoms with Gasteiger partial charge in [0.15, 0.2) is 10.8 Å². The van der Waals surface area contributed by atoms with Gasteiger partial charge in [0.05, 0.1) is 19.0 Å². The zero-order valence-electron chi connectivity index (χ0n) is 8.05. The number of nitrogen functional groups attached to an aromatic ring is 1. The van der Waals surface area contributed by atoms with Crippen LogP contribution in [-0.4, -0.2) is 30.7 Å². The minimum absolute atomic E-state index is 0.0971. The maximum absolute atomic E-state index is 9.27. The van der Waals surface area contributed by atoms with Crippen LogP contribution < -0.4 is 5.73 Å². The summed E-state index contributed by atoms with van der Waals surface area (Å²) in [5.74, 6) is 0.0971. The predicted molar refractivity (Wildman–Crippen MR) is 56.4 cm³/mol. The fraction of sp³-hybridized carbons (Fsp3) is 0.375. The second-order valence-electron chi connectivity index (χ2n) is 3.29. The Hall–Kier alpha value is -1.40. The van der Waals surface area contributed by atoms with Crippen molar-refractivity contribution < 1.29 is 5.11 Å². The minimum Gasteiger partial charge on any atom is -0.392 e. The molecule has 2 heterocycles. The summed E-state index contributed by atoms with van der Waals surface area (Å²) in [6, 6.07) is 0. The Labute approximate surface area is 90.7 Å². The van der Waals surface area contributed by atoms with Crippen molar-refractivity contribution >= 4 is 28.7 Å². The number of imidazole rings is 1. The fourth-order valence-electron chi connectivity index (χ4n) is 1.34. The summed E-state index contributed by atoms with van der Waals surface area (Å²) in [4.78, 5) is 11.9. The molecule has 0 spiro atoms. The van der Waals surface area contributed by atoms with Crippen LogP contribution in [0.3, 0.4) is 0 Å². The Bertz CT molecular complexity index is 495. The van der Waals surface area contributed by atoms with Crippen molar-refractivity contribution in [3.63, 3.8) is 0 Å². The van der Waals surface area contributed by atoms with E-state index >= 15 is 0 Å². The second-order valence-corrected chi connectivity index (χ2v) is 3.65. The maximum Gasteiger partial charge on any atom is 0.223 e. The monoisotopic (exact) mass is 227 g/mol. The first-order valence-corrected chi connectivity index (χ1v) is 4.77. The van der Waals surface area contributed by atoms with Crippen molar-refractivity contribution in [2.24, 2.45) is 0 Å². The lowest BCUT2D eigenvalue weighted by Crippen LogP contribution is -2.11. The first-order valence-electron chi connectivity index (χ1n) is 4.40. The average molecular weight is 228 g/mol. The van der Waals surface area contributed by atoms with Crippen LogP contribution in [0.1, 0.15) is 6.92 Å². The third-order valence-corrected chi connectivity index (χ3v) is 2.16. The van der Waals surface area contributed by atoms with E-state index < -0.39 is 6.10 Å². The summed E-state index contributed by atoms with van der Waals surface area (Å²) in [5.41, 5.74) is 6.50. The zero-order valence-corrected chi connectivity index (χ0v) is 8.81.